The van der Waals surface area contributed by atoms with Crippen LogP contribution in [0.5, 0.6) is 0 Å². The molecule has 6 nitrogen and oxygen atoms in total. The lowest BCUT2D eigenvalue weighted by Gasteiger charge is -2.17. The molecule has 0 saturated carbocycles. The Balaban J connectivity index is 2.60. The zero-order valence-corrected chi connectivity index (χ0v) is 10.6. The Bertz CT molecular complexity index is 616. The van der Waals surface area contributed by atoms with Gasteiger partial charge in [-0.3, -0.25) is 0 Å². The number of hydrogen-bond donors (Lipinski definition) is 0. The summed E-state index contributed by atoms with van der Waals surface area (Å²) in [5.41, 5.74) is 1.07. The second kappa shape index (κ2) is 4.42. The van der Waals surface area contributed by atoms with E-state index in [4.69, 9.17) is 0 Å². The fourth-order valence-electron chi connectivity index (χ4n) is 1.68. The Hall–Kier alpha value is -1.47. The number of benzene rings is 1. The molecule has 7 heteroatoms. The summed E-state index contributed by atoms with van der Waals surface area (Å²) in [4.78, 5) is 0. The molecule has 0 aliphatic rings. The fourth-order valence-corrected chi connectivity index (χ4v) is 3.08. The van der Waals surface area contributed by atoms with E-state index < -0.39 is 10.2 Å². The third-order valence-corrected chi connectivity index (χ3v) is 4.45. The highest BCUT2D eigenvalue weighted by atomic mass is 32.2. The van der Waals surface area contributed by atoms with Crippen LogP contribution in [0.2, 0.25) is 0 Å². The third-order valence-electron chi connectivity index (χ3n) is 2.57. The molecule has 17 heavy (non-hydrogen) atoms. The third kappa shape index (κ3) is 1.91. The predicted molar refractivity (Wildman–Crippen MR) is 64.8 cm³/mol. The van der Waals surface area contributed by atoms with Crippen LogP contribution in [0, 0.1) is 0 Å². The highest BCUT2D eigenvalue weighted by Crippen LogP contribution is 2.14. The van der Waals surface area contributed by atoms with Gasteiger partial charge in [0, 0.05) is 13.1 Å². The van der Waals surface area contributed by atoms with Crippen molar-refractivity contribution in [3.8, 4) is 0 Å². The number of hydrogen-bond acceptors (Lipinski definition) is 4. The summed E-state index contributed by atoms with van der Waals surface area (Å²) in [6, 6.07) is 6.98. The minimum absolute atomic E-state index is 0.410. The Morgan fingerprint density at radius 1 is 1.24 bits per heavy atom. The highest BCUT2D eigenvalue weighted by molar-refractivity contribution is 7.87. The van der Waals surface area contributed by atoms with Gasteiger partial charge >= 0.3 is 10.2 Å². The number of rotatable bonds is 4. The molecule has 2 aromatic rings. The van der Waals surface area contributed by atoms with E-state index in [1.165, 1.54) is 4.31 Å². The molecule has 0 N–H and O–H groups in total. The number of aromatic nitrogens is 3. The van der Waals surface area contributed by atoms with Crippen molar-refractivity contribution in [2.24, 2.45) is 0 Å². The van der Waals surface area contributed by atoms with E-state index in [0.29, 0.717) is 24.1 Å². The Morgan fingerprint density at radius 2 is 1.88 bits per heavy atom. The van der Waals surface area contributed by atoms with Crippen LogP contribution in [0.25, 0.3) is 11.0 Å². The van der Waals surface area contributed by atoms with Crippen LogP contribution in [0.3, 0.4) is 0 Å². The Morgan fingerprint density at radius 3 is 2.53 bits per heavy atom. The van der Waals surface area contributed by atoms with Crippen molar-refractivity contribution in [3.05, 3.63) is 24.3 Å². The van der Waals surface area contributed by atoms with Gasteiger partial charge in [0.1, 0.15) is 11.0 Å². The molecule has 0 spiro atoms. The lowest BCUT2D eigenvalue weighted by atomic mass is 10.3. The van der Waals surface area contributed by atoms with Crippen LogP contribution in [-0.4, -0.2) is 40.2 Å². The Labute approximate surface area is 100 Å². The van der Waals surface area contributed by atoms with Gasteiger partial charge in [-0.15, -0.1) is 9.19 Å². The maximum absolute atomic E-state index is 12.3. The first-order chi connectivity index (χ1) is 8.11. The van der Waals surface area contributed by atoms with E-state index >= 15 is 0 Å². The smallest absolute Gasteiger partial charge is 0.187 e. The molecular formula is C10H14N4O2S. The van der Waals surface area contributed by atoms with E-state index in [9.17, 15) is 8.42 Å². The standard InChI is InChI=1S/C10H14N4O2S/c1-3-13(4-2)17(15,16)14-10-8-6-5-7-9(10)11-12-14/h5-8H,3-4H2,1-2H3. The maximum Gasteiger partial charge on any atom is 0.324 e. The lowest BCUT2D eigenvalue weighted by molar-refractivity contribution is 0.434. The monoisotopic (exact) mass is 254 g/mol. The van der Waals surface area contributed by atoms with Crippen LogP contribution in [0.1, 0.15) is 13.8 Å². The molecule has 0 atom stereocenters. The first kappa shape index (κ1) is 12.0. The molecule has 0 unspecified atom stereocenters. The fraction of sp³-hybridized carbons (Fsp3) is 0.400. The summed E-state index contributed by atoms with van der Waals surface area (Å²) < 4.78 is 26.8. The quantitative estimate of drug-likeness (QED) is 0.811. The van der Waals surface area contributed by atoms with Crippen molar-refractivity contribution in [1.29, 1.82) is 0 Å². The zero-order valence-electron chi connectivity index (χ0n) is 9.74. The number of para-hydroxylation sites is 1. The molecular weight excluding hydrogens is 240 g/mol. The minimum Gasteiger partial charge on any atom is -0.187 e. The van der Waals surface area contributed by atoms with Gasteiger partial charge < -0.3 is 0 Å². The van der Waals surface area contributed by atoms with Crippen molar-refractivity contribution in [1.82, 2.24) is 18.7 Å². The average Bonchev–Trinajstić information content (AvgIpc) is 2.74. The first-order valence-corrected chi connectivity index (χ1v) is 6.82. The van der Waals surface area contributed by atoms with Crippen LogP contribution in [0.15, 0.2) is 24.3 Å². The van der Waals surface area contributed by atoms with E-state index in [0.717, 1.165) is 4.09 Å². The summed E-state index contributed by atoms with van der Waals surface area (Å²) in [6.07, 6.45) is 0. The van der Waals surface area contributed by atoms with E-state index in [2.05, 4.69) is 10.3 Å². The van der Waals surface area contributed by atoms with E-state index in [1.807, 2.05) is 0 Å². The van der Waals surface area contributed by atoms with Crippen LogP contribution < -0.4 is 0 Å². The van der Waals surface area contributed by atoms with E-state index in [1.54, 1.807) is 38.1 Å². The number of fused-ring (bicyclic) bond motifs is 1. The molecule has 1 aromatic carbocycles. The van der Waals surface area contributed by atoms with Crippen LogP contribution in [0.4, 0.5) is 0 Å². The second-order valence-electron chi connectivity index (χ2n) is 3.51. The van der Waals surface area contributed by atoms with E-state index in [-0.39, 0.29) is 0 Å². The van der Waals surface area contributed by atoms with Gasteiger partial charge in [0.25, 0.3) is 0 Å². The minimum atomic E-state index is -3.61. The van der Waals surface area contributed by atoms with Crippen LogP contribution >= 0.6 is 0 Å². The molecule has 1 aromatic heterocycles. The highest BCUT2D eigenvalue weighted by Gasteiger charge is 2.24. The van der Waals surface area contributed by atoms with Gasteiger partial charge in [0.05, 0.1) is 0 Å². The van der Waals surface area contributed by atoms with Gasteiger partial charge in [-0.05, 0) is 17.3 Å². The molecule has 0 saturated heterocycles. The first-order valence-electron chi connectivity index (χ1n) is 5.42. The maximum atomic E-state index is 12.3. The number of nitrogens with zero attached hydrogens (tertiary/aromatic N) is 4. The molecule has 0 fully saturated rings. The van der Waals surface area contributed by atoms with Gasteiger partial charge in [0.15, 0.2) is 0 Å². The van der Waals surface area contributed by atoms with Crippen molar-refractivity contribution in [3.63, 3.8) is 0 Å². The molecule has 1 heterocycles. The van der Waals surface area contributed by atoms with Crippen molar-refractivity contribution in [2.75, 3.05) is 13.1 Å². The molecule has 0 amide bonds. The van der Waals surface area contributed by atoms with Crippen molar-refractivity contribution < 1.29 is 8.42 Å². The summed E-state index contributed by atoms with van der Waals surface area (Å²) >= 11 is 0. The summed E-state index contributed by atoms with van der Waals surface area (Å²) in [6.45, 7) is 4.40. The molecule has 2 rings (SSSR count). The van der Waals surface area contributed by atoms with Crippen LogP contribution in [-0.2, 0) is 10.2 Å². The van der Waals surface area contributed by atoms with Crippen molar-refractivity contribution in [2.45, 2.75) is 13.8 Å². The summed E-state index contributed by atoms with van der Waals surface area (Å²) in [5, 5.41) is 7.56. The second-order valence-corrected chi connectivity index (χ2v) is 5.27. The average molecular weight is 254 g/mol. The summed E-state index contributed by atoms with van der Waals surface area (Å²) in [7, 11) is -3.61. The van der Waals surface area contributed by atoms with Gasteiger partial charge in [0.2, 0.25) is 0 Å². The van der Waals surface area contributed by atoms with Gasteiger partial charge in [-0.1, -0.05) is 26.0 Å². The molecule has 92 valence electrons. The normalized spacial score (nSPS) is 12.4. The molecule has 0 aliphatic carbocycles. The SMILES string of the molecule is CCN(CC)S(=O)(=O)n1nnc2ccccc21. The topological polar surface area (TPSA) is 68.1 Å². The molecule has 0 bridgehead atoms. The molecule has 0 radical (unpaired) electrons. The largest absolute Gasteiger partial charge is 0.324 e. The zero-order chi connectivity index (χ0) is 12.5. The lowest BCUT2D eigenvalue weighted by Crippen LogP contribution is -2.35. The predicted octanol–water partition coefficient (Wildman–Crippen LogP) is 0.866. The van der Waals surface area contributed by atoms with Crippen molar-refractivity contribution >= 4 is 21.2 Å². The Kier molecular flexibility index (Phi) is 3.12. The van der Waals surface area contributed by atoms with Gasteiger partial charge in [-0.2, -0.15) is 12.7 Å². The van der Waals surface area contributed by atoms with Gasteiger partial charge in [-0.25, -0.2) is 0 Å². The molecule has 0 aliphatic heterocycles. The summed E-state index contributed by atoms with van der Waals surface area (Å²) in [5.74, 6) is 0.